The SMILES string of the molecule is Cc1nc(N2CCCC(NCc3cc(F)cc(F)c3)CC2)nc2ccc(F)cc12. The second kappa shape index (κ2) is 8.37. The normalized spacial score (nSPS) is 17.5. The summed E-state index contributed by atoms with van der Waals surface area (Å²) >= 11 is 0. The number of hydrogen-bond acceptors (Lipinski definition) is 4. The molecule has 1 fully saturated rings. The van der Waals surface area contributed by atoms with E-state index < -0.39 is 11.6 Å². The summed E-state index contributed by atoms with van der Waals surface area (Å²) in [5, 5.41) is 4.14. The summed E-state index contributed by atoms with van der Waals surface area (Å²) in [5.41, 5.74) is 2.10. The van der Waals surface area contributed by atoms with Crippen molar-refractivity contribution in [2.24, 2.45) is 0 Å². The summed E-state index contributed by atoms with van der Waals surface area (Å²) in [6.07, 6.45) is 2.80. The van der Waals surface area contributed by atoms with Crippen molar-refractivity contribution in [2.75, 3.05) is 18.0 Å². The first-order valence-electron chi connectivity index (χ1n) is 9.85. The predicted octanol–water partition coefficient (Wildman–Crippen LogP) is 4.50. The topological polar surface area (TPSA) is 41.1 Å². The fourth-order valence-corrected chi connectivity index (χ4v) is 3.86. The van der Waals surface area contributed by atoms with Crippen molar-refractivity contribution < 1.29 is 13.2 Å². The number of halogens is 3. The molecular formula is C22H23F3N4. The van der Waals surface area contributed by atoms with Crippen molar-refractivity contribution in [1.29, 1.82) is 0 Å². The molecule has 1 aromatic heterocycles. The Morgan fingerprint density at radius 2 is 1.76 bits per heavy atom. The van der Waals surface area contributed by atoms with Crippen molar-refractivity contribution in [3.8, 4) is 0 Å². The van der Waals surface area contributed by atoms with E-state index in [9.17, 15) is 13.2 Å². The van der Waals surface area contributed by atoms with Gasteiger partial charge in [-0.1, -0.05) is 0 Å². The Balaban J connectivity index is 1.42. The molecule has 29 heavy (non-hydrogen) atoms. The lowest BCUT2D eigenvalue weighted by Crippen LogP contribution is -2.31. The van der Waals surface area contributed by atoms with Gasteiger partial charge in [-0.25, -0.2) is 23.1 Å². The maximum atomic E-state index is 13.5. The van der Waals surface area contributed by atoms with Gasteiger partial charge < -0.3 is 10.2 Å². The Morgan fingerprint density at radius 1 is 0.966 bits per heavy atom. The standard InChI is InChI=1S/C22H23F3N4/c1-14-20-12-16(23)4-5-21(20)28-22(27-14)29-7-2-3-19(6-8-29)26-13-15-9-17(24)11-18(25)10-15/h4-5,9-12,19,26H,2-3,6-8,13H2,1H3. The summed E-state index contributed by atoms with van der Waals surface area (Å²) in [6, 6.07) is 8.40. The van der Waals surface area contributed by atoms with E-state index in [1.807, 2.05) is 6.92 Å². The van der Waals surface area contributed by atoms with Crippen LogP contribution in [0.25, 0.3) is 10.9 Å². The molecule has 0 spiro atoms. The van der Waals surface area contributed by atoms with E-state index in [-0.39, 0.29) is 11.9 Å². The van der Waals surface area contributed by atoms with Gasteiger partial charge in [0.15, 0.2) is 0 Å². The number of fused-ring (bicyclic) bond motifs is 1. The monoisotopic (exact) mass is 400 g/mol. The molecule has 2 aromatic carbocycles. The van der Waals surface area contributed by atoms with E-state index >= 15 is 0 Å². The fourth-order valence-electron chi connectivity index (χ4n) is 3.86. The minimum atomic E-state index is -0.558. The maximum absolute atomic E-state index is 13.5. The third-order valence-corrected chi connectivity index (χ3v) is 5.36. The van der Waals surface area contributed by atoms with Gasteiger partial charge in [-0.3, -0.25) is 0 Å². The number of hydrogen-bond donors (Lipinski definition) is 1. The highest BCUT2D eigenvalue weighted by Crippen LogP contribution is 2.22. The number of aromatic nitrogens is 2. The van der Waals surface area contributed by atoms with Gasteiger partial charge in [0.1, 0.15) is 17.5 Å². The lowest BCUT2D eigenvalue weighted by Gasteiger charge is -2.21. The third kappa shape index (κ3) is 4.67. The molecular weight excluding hydrogens is 377 g/mol. The van der Waals surface area contributed by atoms with Crippen molar-refractivity contribution in [2.45, 2.75) is 38.8 Å². The number of anilines is 1. The molecule has 1 atom stereocenters. The van der Waals surface area contributed by atoms with Crippen molar-refractivity contribution in [1.82, 2.24) is 15.3 Å². The van der Waals surface area contributed by atoms with E-state index in [1.165, 1.54) is 24.3 Å². The van der Waals surface area contributed by atoms with Gasteiger partial charge in [0.25, 0.3) is 0 Å². The Kier molecular flexibility index (Phi) is 5.67. The number of aryl methyl sites for hydroxylation is 1. The fraction of sp³-hybridized carbons (Fsp3) is 0.364. The molecule has 0 amide bonds. The highest BCUT2D eigenvalue weighted by Gasteiger charge is 2.19. The van der Waals surface area contributed by atoms with E-state index in [4.69, 9.17) is 0 Å². The van der Waals surface area contributed by atoms with E-state index in [0.29, 0.717) is 18.1 Å². The van der Waals surface area contributed by atoms with E-state index in [2.05, 4.69) is 20.2 Å². The highest BCUT2D eigenvalue weighted by molar-refractivity contribution is 5.81. The molecule has 0 saturated carbocycles. The number of nitrogens with zero attached hydrogens (tertiary/aromatic N) is 3. The van der Waals surface area contributed by atoms with Crippen LogP contribution in [0.5, 0.6) is 0 Å². The zero-order chi connectivity index (χ0) is 20.4. The van der Waals surface area contributed by atoms with Gasteiger partial charge in [-0.15, -0.1) is 0 Å². The Morgan fingerprint density at radius 3 is 2.55 bits per heavy atom. The molecule has 0 aliphatic carbocycles. The van der Waals surface area contributed by atoms with Crippen molar-refractivity contribution >= 4 is 16.9 Å². The number of rotatable bonds is 4. The van der Waals surface area contributed by atoms with E-state index in [0.717, 1.165) is 55.0 Å². The molecule has 7 heteroatoms. The summed E-state index contributed by atoms with van der Waals surface area (Å²) in [5.74, 6) is -0.747. The molecule has 0 bridgehead atoms. The van der Waals surface area contributed by atoms with Crippen LogP contribution in [0.2, 0.25) is 0 Å². The summed E-state index contributed by atoms with van der Waals surface area (Å²) in [6.45, 7) is 3.91. The number of benzene rings is 2. The minimum Gasteiger partial charge on any atom is -0.341 e. The Bertz CT molecular complexity index is 1000. The smallest absolute Gasteiger partial charge is 0.226 e. The first-order chi connectivity index (χ1) is 14.0. The van der Waals surface area contributed by atoms with Gasteiger partial charge in [0.2, 0.25) is 5.95 Å². The van der Waals surface area contributed by atoms with Crippen LogP contribution in [0, 0.1) is 24.4 Å². The predicted molar refractivity (Wildman–Crippen MR) is 107 cm³/mol. The molecule has 4 nitrogen and oxygen atoms in total. The van der Waals surface area contributed by atoms with Crippen LogP contribution in [0.1, 0.15) is 30.5 Å². The second-order valence-electron chi connectivity index (χ2n) is 7.54. The van der Waals surface area contributed by atoms with Crippen molar-refractivity contribution in [3.05, 3.63) is 65.1 Å². The van der Waals surface area contributed by atoms with Crippen LogP contribution in [-0.4, -0.2) is 29.1 Å². The van der Waals surface area contributed by atoms with E-state index in [1.54, 1.807) is 6.07 Å². The van der Waals surface area contributed by atoms with Gasteiger partial charge in [-0.05, 0) is 62.1 Å². The first kappa shape index (κ1) is 19.6. The second-order valence-corrected chi connectivity index (χ2v) is 7.54. The molecule has 3 aromatic rings. The molecule has 2 heterocycles. The van der Waals surface area contributed by atoms with Crippen molar-refractivity contribution in [3.63, 3.8) is 0 Å². The quantitative estimate of drug-likeness (QED) is 0.700. The molecule has 1 aliphatic rings. The van der Waals surface area contributed by atoms with Gasteiger partial charge >= 0.3 is 0 Å². The molecule has 4 rings (SSSR count). The molecule has 1 N–H and O–H groups in total. The lowest BCUT2D eigenvalue weighted by atomic mass is 10.1. The first-order valence-corrected chi connectivity index (χ1v) is 9.85. The summed E-state index contributed by atoms with van der Waals surface area (Å²) in [7, 11) is 0. The average Bonchev–Trinajstić information content (AvgIpc) is 2.92. The van der Waals surface area contributed by atoms with Crippen LogP contribution in [-0.2, 0) is 6.54 Å². The zero-order valence-corrected chi connectivity index (χ0v) is 16.3. The Hall–Kier alpha value is -2.67. The Labute approximate surface area is 167 Å². The summed E-state index contributed by atoms with van der Waals surface area (Å²) < 4.78 is 40.2. The van der Waals surface area contributed by atoms with Crippen LogP contribution < -0.4 is 10.2 Å². The molecule has 1 saturated heterocycles. The average molecular weight is 400 g/mol. The highest BCUT2D eigenvalue weighted by atomic mass is 19.1. The largest absolute Gasteiger partial charge is 0.341 e. The van der Waals surface area contributed by atoms with Crippen LogP contribution in [0.4, 0.5) is 19.1 Å². The van der Waals surface area contributed by atoms with Gasteiger partial charge in [0, 0.05) is 37.1 Å². The molecule has 1 unspecified atom stereocenters. The minimum absolute atomic E-state index is 0.252. The zero-order valence-electron chi connectivity index (χ0n) is 16.3. The van der Waals surface area contributed by atoms with Crippen LogP contribution in [0.15, 0.2) is 36.4 Å². The molecule has 0 radical (unpaired) electrons. The summed E-state index contributed by atoms with van der Waals surface area (Å²) in [4.78, 5) is 11.4. The van der Waals surface area contributed by atoms with Gasteiger partial charge in [-0.2, -0.15) is 0 Å². The molecule has 152 valence electrons. The van der Waals surface area contributed by atoms with Gasteiger partial charge in [0.05, 0.1) is 11.2 Å². The maximum Gasteiger partial charge on any atom is 0.226 e. The number of nitrogens with one attached hydrogen (secondary N) is 1. The lowest BCUT2D eigenvalue weighted by molar-refractivity contribution is 0.467. The van der Waals surface area contributed by atoms with Crippen LogP contribution in [0.3, 0.4) is 0 Å². The molecule has 1 aliphatic heterocycles. The third-order valence-electron chi connectivity index (χ3n) is 5.36. The van der Waals surface area contributed by atoms with Crippen LogP contribution >= 0.6 is 0 Å².